The molecule has 0 bridgehead atoms. The summed E-state index contributed by atoms with van der Waals surface area (Å²) < 4.78 is 39.0. The molecule has 17 heavy (non-hydrogen) atoms. The Bertz CT molecular complexity index is 353. The van der Waals surface area contributed by atoms with Gasteiger partial charge in [0.05, 0.1) is 14.2 Å². The molecule has 0 unspecified atom stereocenters. The SMILES string of the molecule is COc1cc(C(C)C)cc(OC)c1OC(F)F. The molecule has 1 rings (SSSR count). The molecule has 0 aliphatic rings. The van der Waals surface area contributed by atoms with Gasteiger partial charge in [-0.25, -0.2) is 0 Å². The fourth-order valence-electron chi connectivity index (χ4n) is 1.44. The van der Waals surface area contributed by atoms with E-state index in [0.717, 1.165) is 5.56 Å². The van der Waals surface area contributed by atoms with Crippen molar-refractivity contribution in [2.75, 3.05) is 14.2 Å². The first-order chi connectivity index (χ1) is 7.99. The lowest BCUT2D eigenvalue weighted by molar-refractivity contribution is -0.0526. The van der Waals surface area contributed by atoms with Crippen molar-refractivity contribution >= 4 is 0 Å². The zero-order valence-electron chi connectivity index (χ0n) is 10.3. The maximum absolute atomic E-state index is 12.3. The van der Waals surface area contributed by atoms with Gasteiger partial charge in [-0.2, -0.15) is 8.78 Å². The number of methoxy groups -OCH3 is 2. The lowest BCUT2D eigenvalue weighted by atomic mass is 10.0. The molecule has 0 atom stereocenters. The van der Waals surface area contributed by atoms with Crippen molar-refractivity contribution in [2.45, 2.75) is 26.4 Å². The molecule has 0 saturated heterocycles. The molecule has 1 aromatic carbocycles. The third-order valence-electron chi connectivity index (χ3n) is 2.36. The van der Waals surface area contributed by atoms with Crippen LogP contribution < -0.4 is 14.2 Å². The van der Waals surface area contributed by atoms with E-state index in [4.69, 9.17) is 9.47 Å². The Hall–Kier alpha value is -1.52. The summed E-state index contributed by atoms with van der Waals surface area (Å²) in [6.07, 6.45) is 0. The Balaban J connectivity index is 3.26. The fourth-order valence-corrected chi connectivity index (χ4v) is 1.44. The number of halogens is 2. The zero-order chi connectivity index (χ0) is 13.0. The molecule has 0 saturated carbocycles. The van der Waals surface area contributed by atoms with Gasteiger partial charge in [-0.3, -0.25) is 0 Å². The van der Waals surface area contributed by atoms with Crippen molar-refractivity contribution in [1.29, 1.82) is 0 Å². The highest BCUT2D eigenvalue weighted by molar-refractivity contribution is 5.54. The van der Waals surface area contributed by atoms with E-state index in [9.17, 15) is 8.78 Å². The van der Waals surface area contributed by atoms with Gasteiger partial charge in [0, 0.05) is 0 Å². The summed E-state index contributed by atoms with van der Waals surface area (Å²) in [6.45, 7) is 1.06. The van der Waals surface area contributed by atoms with Gasteiger partial charge in [0.1, 0.15) is 0 Å². The molecule has 0 aromatic heterocycles. The summed E-state index contributed by atoms with van der Waals surface area (Å²) >= 11 is 0. The molecule has 5 heteroatoms. The van der Waals surface area contributed by atoms with Crippen LogP contribution in [0.25, 0.3) is 0 Å². The van der Waals surface area contributed by atoms with Gasteiger partial charge in [0.15, 0.2) is 11.5 Å². The second-order valence-electron chi connectivity index (χ2n) is 3.79. The van der Waals surface area contributed by atoms with E-state index >= 15 is 0 Å². The molecular weight excluding hydrogens is 230 g/mol. The van der Waals surface area contributed by atoms with Crippen molar-refractivity contribution in [3.05, 3.63) is 17.7 Å². The van der Waals surface area contributed by atoms with Gasteiger partial charge < -0.3 is 14.2 Å². The van der Waals surface area contributed by atoms with Crippen LogP contribution in [0.1, 0.15) is 25.3 Å². The Morgan fingerprint density at radius 2 is 1.47 bits per heavy atom. The number of benzene rings is 1. The van der Waals surface area contributed by atoms with Crippen molar-refractivity contribution < 1.29 is 23.0 Å². The van der Waals surface area contributed by atoms with E-state index in [0.29, 0.717) is 0 Å². The largest absolute Gasteiger partial charge is 0.493 e. The Morgan fingerprint density at radius 3 is 1.76 bits per heavy atom. The highest BCUT2D eigenvalue weighted by Gasteiger charge is 2.18. The van der Waals surface area contributed by atoms with Gasteiger partial charge in [-0.15, -0.1) is 0 Å². The second kappa shape index (κ2) is 5.70. The number of rotatable bonds is 5. The second-order valence-corrected chi connectivity index (χ2v) is 3.79. The van der Waals surface area contributed by atoms with E-state index in [1.165, 1.54) is 14.2 Å². The van der Waals surface area contributed by atoms with Crippen molar-refractivity contribution in [3.8, 4) is 17.2 Å². The number of ether oxygens (including phenoxy) is 3. The van der Waals surface area contributed by atoms with Crippen LogP contribution >= 0.6 is 0 Å². The highest BCUT2D eigenvalue weighted by atomic mass is 19.3. The summed E-state index contributed by atoms with van der Waals surface area (Å²) in [5, 5.41) is 0. The van der Waals surface area contributed by atoms with Crippen molar-refractivity contribution in [2.24, 2.45) is 0 Å². The summed E-state index contributed by atoms with van der Waals surface area (Å²) in [4.78, 5) is 0. The Kier molecular flexibility index (Phi) is 4.54. The van der Waals surface area contributed by atoms with E-state index in [1.54, 1.807) is 12.1 Å². The standard InChI is InChI=1S/C12H16F2O3/c1-7(2)8-5-9(15-3)11(17-12(13)14)10(6-8)16-4/h5-7,12H,1-4H3. The average Bonchev–Trinajstić information content (AvgIpc) is 2.28. The van der Waals surface area contributed by atoms with Crippen LogP contribution in [-0.4, -0.2) is 20.8 Å². The number of alkyl halides is 2. The lowest BCUT2D eigenvalue weighted by Gasteiger charge is -2.16. The third-order valence-corrected chi connectivity index (χ3v) is 2.36. The molecule has 0 aliphatic heterocycles. The van der Waals surface area contributed by atoms with Crippen LogP contribution in [0.5, 0.6) is 17.2 Å². The van der Waals surface area contributed by atoms with Gasteiger partial charge in [-0.1, -0.05) is 13.8 Å². The Labute approximate surface area is 99.3 Å². The van der Waals surface area contributed by atoms with Crippen LogP contribution in [0.2, 0.25) is 0 Å². The van der Waals surface area contributed by atoms with E-state index in [-0.39, 0.29) is 23.2 Å². The van der Waals surface area contributed by atoms with E-state index < -0.39 is 6.61 Å². The maximum atomic E-state index is 12.3. The molecule has 1 aromatic rings. The minimum atomic E-state index is -2.91. The molecule has 96 valence electrons. The van der Waals surface area contributed by atoms with Crippen LogP contribution in [0.4, 0.5) is 8.78 Å². The third kappa shape index (κ3) is 3.22. The molecule has 0 fully saturated rings. The summed E-state index contributed by atoms with van der Waals surface area (Å²) in [6, 6.07) is 3.34. The summed E-state index contributed by atoms with van der Waals surface area (Å²) in [5.41, 5.74) is 0.931. The monoisotopic (exact) mass is 246 g/mol. The summed E-state index contributed by atoms with van der Waals surface area (Å²) in [7, 11) is 2.80. The van der Waals surface area contributed by atoms with Crippen LogP contribution in [0.3, 0.4) is 0 Å². The fraction of sp³-hybridized carbons (Fsp3) is 0.500. The number of hydrogen-bond donors (Lipinski definition) is 0. The smallest absolute Gasteiger partial charge is 0.387 e. The average molecular weight is 246 g/mol. The zero-order valence-corrected chi connectivity index (χ0v) is 10.3. The molecule has 0 radical (unpaired) electrons. The van der Waals surface area contributed by atoms with Gasteiger partial charge in [-0.05, 0) is 23.6 Å². The first kappa shape index (κ1) is 13.5. The minimum Gasteiger partial charge on any atom is -0.493 e. The van der Waals surface area contributed by atoms with Gasteiger partial charge in [0.2, 0.25) is 5.75 Å². The Morgan fingerprint density at radius 1 is 1.00 bits per heavy atom. The molecule has 3 nitrogen and oxygen atoms in total. The lowest BCUT2D eigenvalue weighted by Crippen LogP contribution is -2.06. The number of hydrogen-bond acceptors (Lipinski definition) is 3. The molecule has 0 spiro atoms. The van der Waals surface area contributed by atoms with E-state index in [1.807, 2.05) is 13.8 Å². The minimum absolute atomic E-state index is 0.0746. The molecular formula is C12H16F2O3. The van der Waals surface area contributed by atoms with Crippen LogP contribution in [0, 0.1) is 0 Å². The normalized spacial score (nSPS) is 10.8. The predicted octanol–water partition coefficient (Wildman–Crippen LogP) is 3.43. The molecule has 0 N–H and O–H groups in total. The van der Waals surface area contributed by atoms with E-state index in [2.05, 4.69) is 4.74 Å². The van der Waals surface area contributed by atoms with Gasteiger partial charge >= 0.3 is 6.61 Å². The topological polar surface area (TPSA) is 27.7 Å². The predicted molar refractivity (Wildman–Crippen MR) is 60.3 cm³/mol. The maximum Gasteiger partial charge on any atom is 0.387 e. The van der Waals surface area contributed by atoms with Crippen molar-refractivity contribution in [1.82, 2.24) is 0 Å². The molecule has 0 amide bonds. The van der Waals surface area contributed by atoms with Crippen LogP contribution in [-0.2, 0) is 0 Å². The molecule has 0 heterocycles. The first-order valence-electron chi connectivity index (χ1n) is 5.20. The quantitative estimate of drug-likeness (QED) is 0.796. The first-order valence-corrected chi connectivity index (χ1v) is 5.20. The van der Waals surface area contributed by atoms with Gasteiger partial charge in [0.25, 0.3) is 0 Å². The summed E-state index contributed by atoms with van der Waals surface area (Å²) in [5.74, 6) is 0.648. The molecule has 0 aliphatic carbocycles. The highest BCUT2D eigenvalue weighted by Crippen LogP contribution is 2.40. The van der Waals surface area contributed by atoms with Crippen LogP contribution in [0.15, 0.2) is 12.1 Å². The van der Waals surface area contributed by atoms with Crippen molar-refractivity contribution in [3.63, 3.8) is 0 Å².